The van der Waals surface area contributed by atoms with E-state index in [4.69, 9.17) is 4.74 Å². The van der Waals surface area contributed by atoms with Gasteiger partial charge in [0.05, 0.1) is 10.6 Å². The van der Waals surface area contributed by atoms with Gasteiger partial charge in [-0.15, -0.1) is 11.3 Å². The normalized spacial score (nSPS) is 31.9. The third-order valence-corrected chi connectivity index (χ3v) is 5.80. The van der Waals surface area contributed by atoms with Crippen molar-refractivity contribution in [3.63, 3.8) is 0 Å². The molecule has 2 aliphatic heterocycles. The molecule has 2 saturated heterocycles. The molecule has 0 N–H and O–H groups in total. The number of carbonyl (C=O) groups excluding carboxylic acids is 1. The van der Waals surface area contributed by atoms with Crippen LogP contribution in [0.1, 0.15) is 34.8 Å². The topological polar surface area (TPSA) is 39.2 Å². The molecule has 2 fully saturated rings. The lowest BCUT2D eigenvalue weighted by atomic mass is 9.82. The SMILES string of the molecule is Cc1nc(C(=O)C2CCOC3(CCSC3)C2)cs1. The van der Waals surface area contributed by atoms with Gasteiger partial charge in [0, 0.05) is 23.7 Å². The first-order chi connectivity index (χ1) is 8.69. The first-order valence-corrected chi connectivity index (χ1v) is 8.40. The van der Waals surface area contributed by atoms with E-state index in [1.54, 1.807) is 11.3 Å². The summed E-state index contributed by atoms with van der Waals surface area (Å²) in [5.74, 6) is 2.54. The second kappa shape index (κ2) is 4.94. The van der Waals surface area contributed by atoms with Crippen molar-refractivity contribution >= 4 is 28.9 Å². The van der Waals surface area contributed by atoms with Gasteiger partial charge in [-0.1, -0.05) is 0 Å². The van der Waals surface area contributed by atoms with E-state index in [0.29, 0.717) is 5.69 Å². The van der Waals surface area contributed by atoms with Gasteiger partial charge in [0.15, 0.2) is 5.78 Å². The summed E-state index contributed by atoms with van der Waals surface area (Å²) < 4.78 is 5.96. The smallest absolute Gasteiger partial charge is 0.185 e. The maximum atomic E-state index is 12.4. The predicted molar refractivity (Wildman–Crippen MR) is 74.5 cm³/mol. The summed E-state index contributed by atoms with van der Waals surface area (Å²) in [7, 11) is 0. The Balaban J connectivity index is 1.74. The molecule has 1 spiro atoms. The molecule has 0 aromatic carbocycles. The molecule has 1 aromatic rings. The molecule has 2 aliphatic rings. The number of rotatable bonds is 2. The zero-order valence-electron chi connectivity index (χ0n) is 10.5. The highest BCUT2D eigenvalue weighted by Crippen LogP contribution is 2.41. The van der Waals surface area contributed by atoms with E-state index in [2.05, 4.69) is 4.98 Å². The number of hydrogen-bond donors (Lipinski definition) is 0. The van der Waals surface area contributed by atoms with E-state index >= 15 is 0 Å². The molecule has 3 rings (SSSR count). The molecular formula is C13H17NO2S2. The lowest BCUT2D eigenvalue weighted by Gasteiger charge is -2.36. The van der Waals surface area contributed by atoms with Gasteiger partial charge in [0.2, 0.25) is 0 Å². The molecule has 0 radical (unpaired) electrons. The summed E-state index contributed by atoms with van der Waals surface area (Å²) in [6.45, 7) is 2.67. The highest BCUT2D eigenvalue weighted by molar-refractivity contribution is 7.99. The van der Waals surface area contributed by atoms with Crippen LogP contribution in [0.4, 0.5) is 0 Å². The van der Waals surface area contributed by atoms with Crippen molar-refractivity contribution in [2.75, 3.05) is 18.1 Å². The van der Waals surface area contributed by atoms with Crippen molar-refractivity contribution in [1.82, 2.24) is 4.98 Å². The van der Waals surface area contributed by atoms with E-state index < -0.39 is 0 Å². The van der Waals surface area contributed by atoms with Crippen LogP contribution in [-0.4, -0.2) is 34.5 Å². The molecule has 3 heterocycles. The van der Waals surface area contributed by atoms with E-state index in [1.165, 1.54) is 0 Å². The molecule has 0 bridgehead atoms. The fourth-order valence-corrected chi connectivity index (χ4v) is 4.78. The van der Waals surface area contributed by atoms with Gasteiger partial charge in [-0.05, 0) is 31.9 Å². The highest BCUT2D eigenvalue weighted by Gasteiger charge is 2.42. The van der Waals surface area contributed by atoms with Gasteiger partial charge in [-0.25, -0.2) is 4.98 Å². The average Bonchev–Trinajstić information content (AvgIpc) is 2.98. The second-order valence-corrected chi connectivity index (χ2v) is 7.31. The number of aryl methyl sites for hydroxylation is 1. The van der Waals surface area contributed by atoms with E-state index in [-0.39, 0.29) is 17.3 Å². The summed E-state index contributed by atoms with van der Waals surface area (Å²) in [4.78, 5) is 16.8. The van der Waals surface area contributed by atoms with Gasteiger partial charge >= 0.3 is 0 Å². The van der Waals surface area contributed by atoms with Crippen molar-refractivity contribution in [3.8, 4) is 0 Å². The molecule has 3 nitrogen and oxygen atoms in total. The van der Waals surface area contributed by atoms with Crippen molar-refractivity contribution in [2.45, 2.75) is 31.8 Å². The summed E-state index contributed by atoms with van der Waals surface area (Å²) in [6.07, 6.45) is 2.83. The quantitative estimate of drug-likeness (QED) is 0.782. The van der Waals surface area contributed by atoms with Crippen LogP contribution in [0.3, 0.4) is 0 Å². The Hall–Kier alpha value is -0.390. The minimum Gasteiger partial charge on any atom is -0.374 e. The van der Waals surface area contributed by atoms with Crippen LogP contribution in [0.25, 0.3) is 0 Å². The van der Waals surface area contributed by atoms with Gasteiger partial charge in [0.1, 0.15) is 5.69 Å². The van der Waals surface area contributed by atoms with Crippen LogP contribution in [0, 0.1) is 12.8 Å². The molecule has 5 heteroatoms. The van der Waals surface area contributed by atoms with E-state index in [0.717, 1.165) is 42.4 Å². The van der Waals surface area contributed by atoms with Crippen molar-refractivity contribution in [1.29, 1.82) is 0 Å². The molecule has 0 saturated carbocycles. The Morgan fingerprint density at radius 2 is 2.50 bits per heavy atom. The lowest BCUT2D eigenvalue weighted by molar-refractivity contribution is -0.0735. The number of hydrogen-bond acceptors (Lipinski definition) is 5. The fourth-order valence-electron chi connectivity index (χ4n) is 2.80. The van der Waals surface area contributed by atoms with Crippen LogP contribution < -0.4 is 0 Å². The molecular weight excluding hydrogens is 266 g/mol. The zero-order valence-corrected chi connectivity index (χ0v) is 12.1. The number of nitrogens with zero attached hydrogens (tertiary/aromatic N) is 1. The van der Waals surface area contributed by atoms with Gasteiger partial charge in [-0.2, -0.15) is 11.8 Å². The molecule has 2 unspecified atom stereocenters. The Bertz CT molecular complexity index is 452. The maximum Gasteiger partial charge on any atom is 0.185 e. The van der Waals surface area contributed by atoms with Crippen LogP contribution in [0.2, 0.25) is 0 Å². The lowest BCUT2D eigenvalue weighted by Crippen LogP contribution is -2.42. The Labute approximate surface area is 115 Å². The number of carbonyl (C=O) groups is 1. The van der Waals surface area contributed by atoms with Crippen LogP contribution in [0.15, 0.2) is 5.38 Å². The Kier molecular flexibility index (Phi) is 3.47. The number of aromatic nitrogens is 1. The number of ether oxygens (including phenoxy) is 1. The monoisotopic (exact) mass is 283 g/mol. The molecule has 1 aromatic heterocycles. The largest absolute Gasteiger partial charge is 0.374 e. The Morgan fingerprint density at radius 1 is 1.61 bits per heavy atom. The predicted octanol–water partition coefficient (Wildman–Crippen LogP) is 2.94. The average molecular weight is 283 g/mol. The van der Waals surface area contributed by atoms with E-state index in [9.17, 15) is 4.79 Å². The summed E-state index contributed by atoms with van der Waals surface area (Å²) in [5, 5.41) is 2.86. The molecule has 0 amide bonds. The highest BCUT2D eigenvalue weighted by atomic mass is 32.2. The molecule has 0 aliphatic carbocycles. The molecule has 98 valence electrons. The van der Waals surface area contributed by atoms with Crippen LogP contribution >= 0.6 is 23.1 Å². The van der Waals surface area contributed by atoms with Crippen LogP contribution in [-0.2, 0) is 4.74 Å². The summed E-state index contributed by atoms with van der Waals surface area (Å²) in [5.41, 5.74) is 0.638. The van der Waals surface area contributed by atoms with Gasteiger partial charge in [0.25, 0.3) is 0 Å². The standard InChI is InChI=1S/C13H17NO2S2/c1-9-14-11(7-18-9)12(15)10-2-4-16-13(6-10)3-5-17-8-13/h7,10H,2-6,8H2,1H3. The van der Waals surface area contributed by atoms with Gasteiger partial charge < -0.3 is 4.74 Å². The first kappa shape index (κ1) is 12.6. The zero-order chi connectivity index (χ0) is 12.6. The third-order valence-electron chi connectivity index (χ3n) is 3.80. The van der Waals surface area contributed by atoms with Crippen molar-refractivity contribution in [3.05, 3.63) is 16.1 Å². The number of ketones is 1. The maximum absolute atomic E-state index is 12.4. The Morgan fingerprint density at radius 3 is 3.17 bits per heavy atom. The minimum atomic E-state index is -0.0195. The first-order valence-electron chi connectivity index (χ1n) is 6.37. The number of thioether (sulfide) groups is 1. The second-order valence-electron chi connectivity index (χ2n) is 5.14. The molecule has 18 heavy (non-hydrogen) atoms. The minimum absolute atomic E-state index is 0.0195. The van der Waals surface area contributed by atoms with Gasteiger partial charge in [-0.3, -0.25) is 4.79 Å². The molecule has 2 atom stereocenters. The number of Topliss-reactive ketones (excluding diaryl/α,β-unsaturated/α-hetero) is 1. The van der Waals surface area contributed by atoms with Crippen LogP contribution in [0.5, 0.6) is 0 Å². The fraction of sp³-hybridized carbons (Fsp3) is 0.692. The van der Waals surface area contributed by atoms with Crippen molar-refractivity contribution < 1.29 is 9.53 Å². The summed E-state index contributed by atoms with van der Waals surface area (Å²) >= 11 is 3.50. The van der Waals surface area contributed by atoms with E-state index in [1.807, 2.05) is 24.1 Å². The third kappa shape index (κ3) is 2.36. The number of thiazole rings is 1. The van der Waals surface area contributed by atoms with Crippen molar-refractivity contribution in [2.24, 2.45) is 5.92 Å². The summed E-state index contributed by atoms with van der Waals surface area (Å²) in [6, 6.07) is 0.